The zero-order valence-corrected chi connectivity index (χ0v) is 23.0. The van der Waals surface area contributed by atoms with Gasteiger partial charge in [0.2, 0.25) is 0 Å². The number of anilines is 1. The van der Waals surface area contributed by atoms with Gasteiger partial charge in [-0.25, -0.2) is 13.9 Å². The lowest BCUT2D eigenvalue weighted by molar-refractivity contribution is -0.120. The van der Waals surface area contributed by atoms with Gasteiger partial charge < -0.3 is 14.5 Å². The van der Waals surface area contributed by atoms with E-state index < -0.39 is 17.0 Å². The van der Waals surface area contributed by atoms with Crippen molar-refractivity contribution in [3.8, 4) is 17.0 Å². The van der Waals surface area contributed by atoms with E-state index in [4.69, 9.17) is 16.3 Å². The van der Waals surface area contributed by atoms with E-state index >= 15 is 0 Å². The van der Waals surface area contributed by atoms with Crippen LogP contribution in [0.15, 0.2) is 77.6 Å². The first-order chi connectivity index (χ1) is 20.2. The molecule has 0 saturated carbocycles. The Labute approximate surface area is 244 Å². The predicted molar refractivity (Wildman–Crippen MR) is 153 cm³/mol. The molecule has 0 radical (unpaired) electrons. The largest absolute Gasteiger partial charge is 0.484 e. The number of H-pyrrole nitrogens is 1. The smallest absolute Gasteiger partial charge is 0.264 e. The fourth-order valence-corrected chi connectivity index (χ4v) is 5.81. The van der Waals surface area contributed by atoms with Gasteiger partial charge in [-0.3, -0.25) is 14.4 Å². The van der Waals surface area contributed by atoms with Gasteiger partial charge in [-0.2, -0.15) is 5.10 Å². The number of rotatable bonds is 5. The van der Waals surface area contributed by atoms with Crippen molar-refractivity contribution in [2.24, 2.45) is 0 Å². The van der Waals surface area contributed by atoms with Crippen LogP contribution < -0.4 is 15.2 Å². The van der Waals surface area contributed by atoms with E-state index in [-0.39, 0.29) is 34.8 Å². The number of hydrogen-bond donors (Lipinski definition) is 1. The lowest BCUT2D eigenvalue weighted by Gasteiger charge is -2.40. The van der Waals surface area contributed by atoms with Crippen LogP contribution in [0.5, 0.6) is 5.75 Å². The van der Waals surface area contributed by atoms with Gasteiger partial charge in [0.15, 0.2) is 6.61 Å². The Balaban J connectivity index is 1.14. The van der Waals surface area contributed by atoms with Gasteiger partial charge in [-0.15, -0.1) is 0 Å². The molecule has 0 bridgehead atoms. The minimum atomic E-state index is -0.648. The first-order valence-corrected chi connectivity index (χ1v) is 13.7. The third kappa shape index (κ3) is 5.25. The molecule has 2 amide bonds. The molecule has 4 aromatic rings. The number of carbonyl (C=O) groups excluding carboxylic acids is 2. The number of carbonyl (C=O) groups is 2. The maximum atomic E-state index is 14.4. The van der Waals surface area contributed by atoms with Gasteiger partial charge in [0.25, 0.3) is 17.4 Å². The number of likely N-dealkylation sites (tertiary alicyclic amines) is 1. The molecular formula is C31H25ClF2N4O4. The first kappa shape index (κ1) is 27.6. The lowest BCUT2D eigenvalue weighted by Crippen LogP contribution is -2.48. The van der Waals surface area contributed by atoms with Gasteiger partial charge in [-0.1, -0.05) is 23.7 Å². The Bertz CT molecular complexity index is 1720. The van der Waals surface area contributed by atoms with E-state index in [1.165, 1.54) is 30.3 Å². The summed E-state index contributed by atoms with van der Waals surface area (Å²) in [5, 5.41) is 6.37. The van der Waals surface area contributed by atoms with Gasteiger partial charge in [-0.05, 0) is 66.9 Å². The van der Waals surface area contributed by atoms with E-state index in [0.717, 1.165) is 17.2 Å². The Morgan fingerprint density at radius 1 is 0.976 bits per heavy atom. The number of fused-ring (bicyclic) bond motifs is 2. The number of benzene rings is 3. The average Bonchev–Trinajstić information content (AvgIpc) is 3.31. The van der Waals surface area contributed by atoms with E-state index in [1.807, 2.05) is 0 Å². The van der Waals surface area contributed by atoms with Crippen molar-refractivity contribution in [1.82, 2.24) is 15.1 Å². The number of nitrogens with one attached hydrogen (secondary N) is 1. The number of aromatic amines is 1. The van der Waals surface area contributed by atoms with E-state index in [2.05, 4.69) is 10.2 Å². The summed E-state index contributed by atoms with van der Waals surface area (Å²) in [5.74, 6) is -1.34. The van der Waals surface area contributed by atoms with Gasteiger partial charge >= 0.3 is 0 Å². The molecular weight excluding hydrogens is 566 g/mol. The van der Waals surface area contributed by atoms with Crippen LogP contribution >= 0.6 is 11.6 Å². The second-order valence-electron chi connectivity index (χ2n) is 10.5. The maximum Gasteiger partial charge on any atom is 0.264 e. The minimum Gasteiger partial charge on any atom is -0.484 e. The summed E-state index contributed by atoms with van der Waals surface area (Å²) in [6.45, 7) is 0.857. The highest BCUT2D eigenvalue weighted by Crippen LogP contribution is 2.47. The summed E-state index contributed by atoms with van der Waals surface area (Å²) < 4.78 is 33.7. The number of aromatic nitrogens is 2. The van der Waals surface area contributed by atoms with Crippen molar-refractivity contribution < 1.29 is 23.1 Å². The molecule has 2 aliphatic heterocycles. The summed E-state index contributed by atoms with van der Waals surface area (Å²) in [6, 6.07) is 18.3. The molecule has 1 fully saturated rings. The Hall–Kier alpha value is -4.57. The third-order valence-electron chi connectivity index (χ3n) is 7.95. The highest BCUT2D eigenvalue weighted by molar-refractivity contribution is 6.30. The van der Waals surface area contributed by atoms with Crippen LogP contribution in [0, 0.1) is 11.6 Å². The molecule has 1 saturated heterocycles. The van der Waals surface area contributed by atoms with Gasteiger partial charge in [0.1, 0.15) is 17.4 Å². The zero-order chi connectivity index (χ0) is 29.4. The molecule has 3 aromatic carbocycles. The summed E-state index contributed by atoms with van der Waals surface area (Å²) in [7, 11) is 0. The molecule has 0 aliphatic carbocycles. The highest BCUT2D eigenvalue weighted by Gasteiger charge is 2.47. The van der Waals surface area contributed by atoms with Crippen molar-refractivity contribution in [3.63, 3.8) is 0 Å². The quantitative estimate of drug-likeness (QED) is 0.354. The predicted octanol–water partition coefficient (Wildman–Crippen LogP) is 4.97. The van der Waals surface area contributed by atoms with E-state index in [9.17, 15) is 23.2 Å². The summed E-state index contributed by atoms with van der Waals surface area (Å²) in [4.78, 5) is 41.2. The summed E-state index contributed by atoms with van der Waals surface area (Å²) >= 11 is 5.72. The Morgan fingerprint density at radius 3 is 2.43 bits per heavy atom. The molecule has 214 valence electrons. The monoisotopic (exact) mass is 590 g/mol. The van der Waals surface area contributed by atoms with Crippen LogP contribution in [-0.2, 0) is 10.2 Å². The second-order valence-corrected chi connectivity index (χ2v) is 10.9. The van der Waals surface area contributed by atoms with Crippen molar-refractivity contribution in [1.29, 1.82) is 0 Å². The third-order valence-corrected chi connectivity index (χ3v) is 8.26. The number of amides is 2. The number of nitrogens with zero attached hydrogens (tertiary/aromatic N) is 3. The van der Waals surface area contributed by atoms with Crippen LogP contribution in [0.1, 0.15) is 28.8 Å². The SMILES string of the molecule is O=C(c1ccc(-c2ccc(=O)[nH]n2)cc1)N1CCC2(CC1)CN(C(=O)COc1ccc(Cl)c(F)c1)c1ccc(F)cc12. The molecule has 8 nitrogen and oxygen atoms in total. The molecule has 6 rings (SSSR count). The number of piperidine rings is 1. The first-order valence-electron chi connectivity index (χ1n) is 13.4. The minimum absolute atomic E-state index is 0.0453. The van der Waals surface area contributed by atoms with Crippen LogP contribution in [0.4, 0.5) is 14.5 Å². The maximum absolute atomic E-state index is 14.4. The Kier molecular flexibility index (Phi) is 7.24. The van der Waals surface area contributed by atoms with Crippen molar-refractivity contribution >= 4 is 29.1 Å². The van der Waals surface area contributed by atoms with Crippen molar-refractivity contribution in [2.75, 3.05) is 31.1 Å². The van der Waals surface area contributed by atoms with Gasteiger partial charge in [0, 0.05) is 54.0 Å². The molecule has 0 unspecified atom stereocenters. The number of ether oxygens (including phenoxy) is 1. The van der Waals surface area contributed by atoms with Crippen molar-refractivity contribution in [2.45, 2.75) is 18.3 Å². The second kappa shape index (κ2) is 11.0. The summed E-state index contributed by atoms with van der Waals surface area (Å²) in [6.07, 6.45) is 1.09. The fraction of sp³-hybridized carbons (Fsp3) is 0.226. The zero-order valence-electron chi connectivity index (χ0n) is 22.3. The molecule has 1 aromatic heterocycles. The van der Waals surface area contributed by atoms with E-state index in [0.29, 0.717) is 49.4 Å². The average molecular weight is 591 g/mol. The van der Waals surface area contributed by atoms with Gasteiger partial charge in [0.05, 0.1) is 10.7 Å². The molecule has 11 heteroatoms. The van der Waals surface area contributed by atoms with Crippen LogP contribution in [0.3, 0.4) is 0 Å². The number of hydrogen-bond acceptors (Lipinski definition) is 5. The normalized spacial score (nSPS) is 15.5. The fourth-order valence-electron chi connectivity index (χ4n) is 5.69. The molecule has 42 heavy (non-hydrogen) atoms. The molecule has 3 heterocycles. The van der Waals surface area contributed by atoms with E-state index in [1.54, 1.807) is 46.2 Å². The van der Waals surface area contributed by atoms with Crippen molar-refractivity contribution in [3.05, 3.63) is 111 Å². The molecule has 1 spiro atoms. The molecule has 0 atom stereocenters. The standard InChI is InChI=1S/C31H25ClF2N4O4/c32-24-7-6-22(16-25(24)34)42-17-29(40)38-18-31(23-15-21(33)5-9-27(23)38)11-13-37(14-12-31)30(41)20-3-1-19(2-4-20)26-8-10-28(39)36-35-26/h1-10,15-16H,11-14,17-18H2,(H,36,39). The van der Waals surface area contributed by atoms with Crippen LogP contribution in [0.25, 0.3) is 11.3 Å². The Morgan fingerprint density at radius 2 is 1.74 bits per heavy atom. The molecule has 2 aliphatic rings. The highest BCUT2D eigenvalue weighted by atomic mass is 35.5. The lowest BCUT2D eigenvalue weighted by atomic mass is 9.74. The molecule has 1 N–H and O–H groups in total. The van der Waals surface area contributed by atoms with Crippen LogP contribution in [-0.4, -0.2) is 53.2 Å². The van der Waals surface area contributed by atoms with Crippen LogP contribution in [0.2, 0.25) is 5.02 Å². The number of halogens is 3. The topological polar surface area (TPSA) is 95.6 Å². The summed E-state index contributed by atoms with van der Waals surface area (Å²) in [5.41, 5.74) is 2.40.